The third-order valence-electron chi connectivity index (χ3n) is 3.01. The van der Waals surface area contributed by atoms with Gasteiger partial charge in [-0.3, -0.25) is 4.98 Å². The molecule has 1 saturated heterocycles. The van der Waals surface area contributed by atoms with Crippen molar-refractivity contribution in [2.75, 3.05) is 23.7 Å². The number of nitrogens with zero attached hydrogens (tertiary/aromatic N) is 2. The average molecular weight is 237 g/mol. The molecular formula is C13H23N3O. The van der Waals surface area contributed by atoms with Crippen LogP contribution in [0.3, 0.4) is 0 Å². The number of piperidine rings is 1. The Labute approximate surface area is 103 Å². The SMILES string of the molecule is CC.CC1(O)CCN(c2ccncc2N)CC1. The molecule has 3 N–H and O–H groups in total. The smallest absolute Gasteiger partial charge is 0.0738 e. The predicted molar refractivity (Wildman–Crippen MR) is 72.1 cm³/mol. The molecule has 0 spiro atoms. The molecule has 2 rings (SSSR count). The van der Waals surface area contributed by atoms with E-state index in [2.05, 4.69) is 9.88 Å². The summed E-state index contributed by atoms with van der Waals surface area (Å²) in [5.41, 5.74) is 7.07. The second-order valence-corrected chi connectivity index (χ2v) is 4.42. The van der Waals surface area contributed by atoms with Gasteiger partial charge in [0, 0.05) is 19.3 Å². The number of aliphatic hydroxyl groups is 1. The van der Waals surface area contributed by atoms with Gasteiger partial charge in [0.1, 0.15) is 0 Å². The van der Waals surface area contributed by atoms with E-state index in [4.69, 9.17) is 5.73 Å². The molecule has 17 heavy (non-hydrogen) atoms. The summed E-state index contributed by atoms with van der Waals surface area (Å²) >= 11 is 0. The Bertz CT molecular complexity index is 342. The van der Waals surface area contributed by atoms with E-state index >= 15 is 0 Å². The lowest BCUT2D eigenvalue weighted by Gasteiger charge is -2.37. The average Bonchev–Trinajstić information content (AvgIpc) is 2.33. The van der Waals surface area contributed by atoms with Gasteiger partial charge in [0.25, 0.3) is 0 Å². The summed E-state index contributed by atoms with van der Waals surface area (Å²) in [4.78, 5) is 6.17. The zero-order valence-corrected chi connectivity index (χ0v) is 11.0. The first-order valence-corrected chi connectivity index (χ1v) is 6.25. The Morgan fingerprint density at radius 3 is 2.47 bits per heavy atom. The molecule has 4 nitrogen and oxygen atoms in total. The standard InChI is InChI=1S/C11H17N3O.C2H6/c1-11(15)3-6-14(7-4-11)10-2-5-13-8-9(10)12;1-2/h2,5,8,15H,3-4,6-7,12H2,1H3;1-2H3. The first kappa shape index (κ1) is 13.8. The molecule has 0 amide bonds. The van der Waals surface area contributed by atoms with Crippen LogP contribution in [0.5, 0.6) is 0 Å². The Morgan fingerprint density at radius 2 is 1.94 bits per heavy atom. The molecule has 0 unspecified atom stereocenters. The van der Waals surface area contributed by atoms with Crippen LogP contribution < -0.4 is 10.6 Å². The summed E-state index contributed by atoms with van der Waals surface area (Å²) in [5.74, 6) is 0. The fourth-order valence-electron chi connectivity index (χ4n) is 1.92. The largest absolute Gasteiger partial charge is 0.396 e. The maximum absolute atomic E-state index is 9.84. The van der Waals surface area contributed by atoms with Crippen molar-refractivity contribution in [1.29, 1.82) is 0 Å². The normalized spacial score (nSPS) is 18.2. The van der Waals surface area contributed by atoms with Crippen molar-refractivity contribution >= 4 is 11.4 Å². The van der Waals surface area contributed by atoms with Gasteiger partial charge in [-0.2, -0.15) is 0 Å². The Morgan fingerprint density at radius 1 is 1.35 bits per heavy atom. The molecule has 0 aliphatic carbocycles. The van der Waals surface area contributed by atoms with Crippen LogP contribution in [0.4, 0.5) is 11.4 Å². The van der Waals surface area contributed by atoms with Gasteiger partial charge in [-0.25, -0.2) is 0 Å². The Balaban J connectivity index is 0.000000686. The number of nitrogen functional groups attached to an aromatic ring is 1. The van der Waals surface area contributed by atoms with Crippen molar-refractivity contribution in [3.05, 3.63) is 18.5 Å². The van der Waals surface area contributed by atoms with Crippen molar-refractivity contribution in [3.8, 4) is 0 Å². The Hall–Kier alpha value is -1.29. The van der Waals surface area contributed by atoms with Crippen molar-refractivity contribution in [3.63, 3.8) is 0 Å². The minimum atomic E-state index is -0.516. The van der Waals surface area contributed by atoms with Crippen LogP contribution in [0.25, 0.3) is 0 Å². The van der Waals surface area contributed by atoms with Gasteiger partial charge >= 0.3 is 0 Å². The van der Waals surface area contributed by atoms with Crippen LogP contribution in [-0.2, 0) is 0 Å². The van der Waals surface area contributed by atoms with E-state index in [-0.39, 0.29) is 0 Å². The minimum Gasteiger partial charge on any atom is -0.396 e. The Kier molecular flexibility index (Phi) is 4.75. The van der Waals surface area contributed by atoms with Crippen molar-refractivity contribution < 1.29 is 5.11 Å². The molecule has 0 atom stereocenters. The molecule has 4 heteroatoms. The topological polar surface area (TPSA) is 62.4 Å². The van der Waals surface area contributed by atoms with Crippen LogP contribution in [0.2, 0.25) is 0 Å². The summed E-state index contributed by atoms with van der Waals surface area (Å²) in [6.07, 6.45) is 4.99. The second-order valence-electron chi connectivity index (χ2n) is 4.42. The number of rotatable bonds is 1. The van der Waals surface area contributed by atoms with E-state index in [1.54, 1.807) is 12.4 Å². The van der Waals surface area contributed by atoms with Gasteiger partial charge in [-0.15, -0.1) is 0 Å². The molecule has 0 radical (unpaired) electrons. The quantitative estimate of drug-likeness (QED) is 0.784. The van der Waals surface area contributed by atoms with Crippen LogP contribution in [-0.4, -0.2) is 28.8 Å². The summed E-state index contributed by atoms with van der Waals surface area (Å²) in [6.45, 7) is 7.59. The highest BCUT2D eigenvalue weighted by Gasteiger charge is 2.27. The number of hydrogen-bond donors (Lipinski definition) is 2. The van der Waals surface area contributed by atoms with Gasteiger partial charge in [0.2, 0.25) is 0 Å². The van der Waals surface area contributed by atoms with Gasteiger partial charge in [-0.1, -0.05) is 13.8 Å². The van der Waals surface area contributed by atoms with Gasteiger partial charge in [0.05, 0.1) is 23.2 Å². The summed E-state index contributed by atoms with van der Waals surface area (Å²) in [5, 5.41) is 9.84. The molecule has 0 aromatic carbocycles. The number of aromatic nitrogens is 1. The highest BCUT2D eigenvalue weighted by Crippen LogP contribution is 2.28. The summed E-state index contributed by atoms with van der Waals surface area (Å²) in [7, 11) is 0. The fourth-order valence-corrected chi connectivity index (χ4v) is 1.92. The van der Waals surface area contributed by atoms with E-state index in [9.17, 15) is 5.11 Å². The van der Waals surface area contributed by atoms with Crippen LogP contribution >= 0.6 is 0 Å². The lowest BCUT2D eigenvalue weighted by Crippen LogP contribution is -2.42. The highest BCUT2D eigenvalue weighted by atomic mass is 16.3. The zero-order chi connectivity index (χ0) is 12.9. The molecule has 1 aromatic rings. The van der Waals surface area contributed by atoms with E-state index in [0.717, 1.165) is 31.6 Å². The van der Waals surface area contributed by atoms with Crippen LogP contribution in [0.15, 0.2) is 18.5 Å². The molecule has 96 valence electrons. The molecule has 1 aromatic heterocycles. The molecule has 1 fully saturated rings. The first-order valence-electron chi connectivity index (χ1n) is 6.25. The van der Waals surface area contributed by atoms with Crippen LogP contribution in [0, 0.1) is 0 Å². The number of anilines is 2. The summed E-state index contributed by atoms with van der Waals surface area (Å²) < 4.78 is 0. The van der Waals surface area contributed by atoms with Crippen molar-refractivity contribution in [2.45, 2.75) is 39.2 Å². The van der Waals surface area contributed by atoms with Crippen LogP contribution in [0.1, 0.15) is 33.6 Å². The third-order valence-corrected chi connectivity index (χ3v) is 3.01. The molecule has 0 bridgehead atoms. The highest BCUT2D eigenvalue weighted by molar-refractivity contribution is 5.66. The predicted octanol–water partition coefficient (Wildman–Crippen LogP) is 2.04. The van der Waals surface area contributed by atoms with E-state index in [1.807, 2.05) is 26.8 Å². The third kappa shape index (κ3) is 3.60. The van der Waals surface area contributed by atoms with Gasteiger partial charge < -0.3 is 15.7 Å². The molecule has 1 aliphatic heterocycles. The molecule has 2 heterocycles. The number of nitrogens with two attached hydrogens (primary N) is 1. The monoisotopic (exact) mass is 237 g/mol. The maximum atomic E-state index is 9.84. The lowest BCUT2D eigenvalue weighted by molar-refractivity contribution is 0.0351. The lowest BCUT2D eigenvalue weighted by atomic mass is 9.93. The zero-order valence-electron chi connectivity index (χ0n) is 11.0. The fraction of sp³-hybridized carbons (Fsp3) is 0.615. The number of pyridine rings is 1. The number of hydrogen-bond acceptors (Lipinski definition) is 4. The first-order chi connectivity index (χ1) is 8.08. The van der Waals surface area contributed by atoms with Gasteiger partial charge in [-0.05, 0) is 25.8 Å². The molecular weight excluding hydrogens is 214 g/mol. The second kappa shape index (κ2) is 5.87. The molecule has 0 saturated carbocycles. The minimum absolute atomic E-state index is 0.516. The van der Waals surface area contributed by atoms with Gasteiger partial charge in [0.15, 0.2) is 0 Å². The molecule has 1 aliphatic rings. The maximum Gasteiger partial charge on any atom is 0.0738 e. The van der Waals surface area contributed by atoms with E-state index in [0.29, 0.717) is 5.69 Å². The van der Waals surface area contributed by atoms with Crippen molar-refractivity contribution in [1.82, 2.24) is 4.98 Å². The van der Waals surface area contributed by atoms with Crippen molar-refractivity contribution in [2.24, 2.45) is 0 Å². The summed E-state index contributed by atoms with van der Waals surface area (Å²) in [6, 6.07) is 1.93. The van der Waals surface area contributed by atoms with E-state index < -0.39 is 5.60 Å². The van der Waals surface area contributed by atoms with E-state index in [1.165, 1.54) is 0 Å².